The molecule has 1 saturated carbocycles. The number of primary amides is 1. The van der Waals surface area contributed by atoms with E-state index in [0.29, 0.717) is 5.39 Å². The van der Waals surface area contributed by atoms with Crippen LogP contribution in [0.2, 0.25) is 5.02 Å². The number of amides is 2. The van der Waals surface area contributed by atoms with Crippen LogP contribution in [0.25, 0.3) is 11.0 Å². The largest absolute Gasteiger partial charge is 0.480 e. The number of carbonyl (C=O) groups is 4. The second-order valence-corrected chi connectivity index (χ2v) is 10.6. The first-order chi connectivity index (χ1) is 18.5. The van der Waals surface area contributed by atoms with Gasteiger partial charge in [-0.1, -0.05) is 23.7 Å². The van der Waals surface area contributed by atoms with E-state index < -0.39 is 59.2 Å². The maximum Gasteiger partial charge on any atom is 0.326 e. The van der Waals surface area contributed by atoms with Crippen molar-refractivity contribution < 1.29 is 33.4 Å². The molecule has 3 fully saturated rings. The second kappa shape index (κ2) is 8.55. The molecule has 2 saturated heterocycles. The number of aromatic nitrogens is 3. The molecule has 1 aliphatic carbocycles. The fourth-order valence-electron chi connectivity index (χ4n) is 6.68. The van der Waals surface area contributed by atoms with Crippen LogP contribution >= 0.6 is 11.6 Å². The van der Waals surface area contributed by atoms with Gasteiger partial charge in [-0.2, -0.15) is 5.10 Å². The first kappa shape index (κ1) is 25.4. The third-order valence-electron chi connectivity index (χ3n) is 8.34. The lowest BCUT2D eigenvalue weighted by Gasteiger charge is -2.54. The van der Waals surface area contributed by atoms with Crippen LogP contribution in [0.4, 0.5) is 4.39 Å². The molecule has 39 heavy (non-hydrogen) atoms. The average molecular weight is 556 g/mol. The molecule has 5 atom stereocenters. The molecule has 2 aromatic heterocycles. The van der Waals surface area contributed by atoms with E-state index in [1.165, 1.54) is 36.0 Å². The summed E-state index contributed by atoms with van der Waals surface area (Å²) in [6, 6.07) is 6.38. The molecule has 3 aromatic rings. The van der Waals surface area contributed by atoms with Gasteiger partial charge in [0.2, 0.25) is 5.91 Å². The molecular formula is C26H23ClFN5O6. The minimum atomic E-state index is -1.86. The number of ether oxygens (including phenoxy) is 1. The van der Waals surface area contributed by atoms with Crippen LogP contribution in [0.5, 0.6) is 0 Å². The lowest BCUT2D eigenvalue weighted by molar-refractivity contribution is -0.217. The smallest absolute Gasteiger partial charge is 0.326 e. The fourth-order valence-corrected chi connectivity index (χ4v) is 6.86. The van der Waals surface area contributed by atoms with Gasteiger partial charge in [0.05, 0.1) is 28.5 Å². The summed E-state index contributed by atoms with van der Waals surface area (Å²) in [6.45, 7) is 0.819. The van der Waals surface area contributed by atoms with Crippen molar-refractivity contribution in [1.29, 1.82) is 0 Å². The Morgan fingerprint density at radius 2 is 2.03 bits per heavy atom. The summed E-state index contributed by atoms with van der Waals surface area (Å²) >= 11 is 6.01. The predicted molar refractivity (Wildman–Crippen MR) is 133 cm³/mol. The first-order valence-corrected chi connectivity index (χ1v) is 12.7. The van der Waals surface area contributed by atoms with E-state index in [2.05, 4.69) is 10.1 Å². The summed E-state index contributed by atoms with van der Waals surface area (Å²) in [5, 5.41) is 14.6. The zero-order valence-corrected chi connectivity index (χ0v) is 21.4. The van der Waals surface area contributed by atoms with Gasteiger partial charge in [0.25, 0.3) is 5.91 Å². The Morgan fingerprint density at radius 1 is 1.26 bits per heavy atom. The summed E-state index contributed by atoms with van der Waals surface area (Å²) in [5.74, 6) is -5.22. The fraction of sp³-hybridized carbons (Fsp3) is 0.385. The van der Waals surface area contributed by atoms with Crippen molar-refractivity contribution in [1.82, 2.24) is 19.7 Å². The molecule has 11 nitrogen and oxygen atoms in total. The number of likely N-dealkylation sites (tertiary alicyclic amines) is 1. The van der Waals surface area contributed by atoms with Gasteiger partial charge >= 0.3 is 5.97 Å². The topological polar surface area (TPSA) is 158 Å². The normalized spacial score (nSPS) is 29.1. The van der Waals surface area contributed by atoms with Crippen molar-refractivity contribution in [3.63, 3.8) is 0 Å². The number of nitrogens with zero attached hydrogens (tertiary/aromatic N) is 4. The zero-order chi connectivity index (χ0) is 27.9. The number of piperidine rings is 1. The summed E-state index contributed by atoms with van der Waals surface area (Å²) < 4.78 is 22.2. The number of aliphatic carboxylic acids is 1. The van der Waals surface area contributed by atoms with E-state index >= 15 is 4.39 Å². The number of hydrogen-bond acceptors (Lipinski definition) is 7. The molecular weight excluding hydrogens is 533 g/mol. The van der Waals surface area contributed by atoms with Gasteiger partial charge < -0.3 is 20.5 Å². The van der Waals surface area contributed by atoms with Crippen molar-refractivity contribution in [3.8, 4) is 0 Å². The maximum atomic E-state index is 15.1. The van der Waals surface area contributed by atoms with Gasteiger partial charge in [0.1, 0.15) is 24.1 Å². The summed E-state index contributed by atoms with van der Waals surface area (Å²) in [5.41, 5.74) is 3.14. The molecule has 202 valence electrons. The summed E-state index contributed by atoms with van der Waals surface area (Å²) in [6.07, 6.45) is 1.81. The van der Waals surface area contributed by atoms with E-state index in [1.807, 2.05) is 0 Å². The van der Waals surface area contributed by atoms with E-state index in [-0.39, 0.29) is 47.2 Å². The Bertz CT molecular complexity index is 1590. The number of pyridine rings is 1. The number of fused-ring (bicyclic) bond motifs is 2. The predicted octanol–water partition coefficient (Wildman–Crippen LogP) is 1.91. The number of benzene rings is 1. The minimum Gasteiger partial charge on any atom is -0.480 e. The molecule has 0 spiro atoms. The SMILES string of the molecule is CC(=O)c1nn(CC(=O)N2[C@H](C(=O)O)C[C@H]3C[C@@]32C2(C(N)=O)OCC2c2cccc(Cl)c2F)c2ncccc12. The minimum absolute atomic E-state index is 0.0654. The molecule has 0 radical (unpaired) electrons. The van der Waals surface area contributed by atoms with Gasteiger partial charge in [-0.25, -0.2) is 18.9 Å². The lowest BCUT2D eigenvalue weighted by Crippen LogP contribution is -2.73. The number of nitrogens with two attached hydrogens (primary N) is 1. The first-order valence-electron chi connectivity index (χ1n) is 12.3. The standard InChI is InChI=1S/C26H23ClFN5O6/c1-12(34)21-15-5-3-7-30-22(15)32(31-21)10-19(35)33-18(23(36)37)8-13-9-25(13,33)26(24(29)38)16(11-39-26)14-4-2-6-17(27)20(14)28/h2-7,13,16,18H,8-11H2,1H3,(H2,29,38)(H,36,37)/t13-,16?,18-,25-,26?/m0/s1. The number of rotatable bonds is 7. The highest BCUT2D eigenvalue weighted by Gasteiger charge is 2.83. The third kappa shape index (κ3) is 3.31. The molecule has 6 rings (SSSR count). The van der Waals surface area contributed by atoms with Gasteiger partial charge in [0.15, 0.2) is 17.0 Å². The highest BCUT2D eigenvalue weighted by molar-refractivity contribution is 6.30. The van der Waals surface area contributed by atoms with Gasteiger partial charge in [-0.15, -0.1) is 0 Å². The number of Topliss-reactive ketones (excluding diaryl/α,β-unsaturated/α-hetero) is 1. The van der Waals surface area contributed by atoms with Gasteiger partial charge in [0, 0.05) is 13.1 Å². The van der Waals surface area contributed by atoms with Crippen LogP contribution < -0.4 is 5.73 Å². The van der Waals surface area contributed by atoms with Gasteiger partial charge in [-0.05, 0) is 42.5 Å². The van der Waals surface area contributed by atoms with Crippen molar-refractivity contribution in [2.45, 2.75) is 49.4 Å². The molecule has 3 N–H and O–H groups in total. The molecule has 4 heterocycles. The van der Waals surface area contributed by atoms with Crippen LogP contribution in [0.15, 0.2) is 36.5 Å². The molecule has 2 amide bonds. The quantitative estimate of drug-likeness (QED) is 0.418. The molecule has 0 bridgehead atoms. The summed E-state index contributed by atoms with van der Waals surface area (Å²) in [4.78, 5) is 57.0. The monoisotopic (exact) mass is 555 g/mol. The molecule has 3 aliphatic rings. The van der Waals surface area contributed by atoms with Gasteiger partial charge in [-0.3, -0.25) is 14.4 Å². The van der Waals surface area contributed by atoms with E-state index in [9.17, 15) is 24.3 Å². The highest BCUT2D eigenvalue weighted by Crippen LogP contribution is 2.69. The Balaban J connectivity index is 1.44. The number of carboxylic acids is 1. The van der Waals surface area contributed by atoms with Crippen molar-refractivity contribution in [2.24, 2.45) is 11.7 Å². The van der Waals surface area contributed by atoms with E-state index in [1.54, 1.807) is 12.1 Å². The number of halogens is 2. The Morgan fingerprint density at radius 3 is 2.67 bits per heavy atom. The van der Waals surface area contributed by atoms with Crippen molar-refractivity contribution >= 4 is 46.2 Å². The number of carboxylic acid groups (broad SMARTS) is 1. The number of carbonyl (C=O) groups excluding carboxylic acids is 3. The van der Waals surface area contributed by atoms with E-state index in [0.717, 1.165) is 4.90 Å². The molecule has 13 heteroatoms. The molecule has 1 aromatic carbocycles. The van der Waals surface area contributed by atoms with Crippen LogP contribution in [0.1, 0.15) is 41.7 Å². The summed E-state index contributed by atoms with van der Waals surface area (Å²) in [7, 11) is 0. The third-order valence-corrected chi connectivity index (χ3v) is 8.63. The Hall–Kier alpha value is -3.90. The molecule has 2 unspecified atom stereocenters. The van der Waals surface area contributed by atoms with Crippen LogP contribution in [-0.4, -0.2) is 72.1 Å². The van der Waals surface area contributed by atoms with Crippen LogP contribution in [0.3, 0.4) is 0 Å². The number of hydrogen-bond donors (Lipinski definition) is 2. The Kier molecular flexibility index (Phi) is 5.57. The zero-order valence-electron chi connectivity index (χ0n) is 20.6. The molecule has 2 aliphatic heterocycles. The number of ketones is 1. The van der Waals surface area contributed by atoms with Crippen LogP contribution in [-0.2, 0) is 25.7 Å². The lowest BCUT2D eigenvalue weighted by atomic mass is 9.69. The average Bonchev–Trinajstić information content (AvgIpc) is 3.28. The maximum absolute atomic E-state index is 15.1. The highest BCUT2D eigenvalue weighted by atomic mass is 35.5. The van der Waals surface area contributed by atoms with Crippen molar-refractivity contribution in [3.05, 3.63) is 58.6 Å². The second-order valence-electron chi connectivity index (χ2n) is 10.2. The van der Waals surface area contributed by atoms with E-state index in [4.69, 9.17) is 22.1 Å². The van der Waals surface area contributed by atoms with Crippen LogP contribution in [0, 0.1) is 11.7 Å². The Labute approximate surface area is 225 Å². The van der Waals surface area contributed by atoms with Crippen molar-refractivity contribution in [2.75, 3.05) is 6.61 Å².